The van der Waals surface area contributed by atoms with Crippen molar-refractivity contribution in [3.05, 3.63) is 83.8 Å². The smallest absolute Gasteiger partial charge is 0.255 e. The van der Waals surface area contributed by atoms with Crippen LogP contribution in [-0.4, -0.2) is 32.6 Å². The number of benzene rings is 2. The number of methoxy groups -OCH3 is 1. The summed E-state index contributed by atoms with van der Waals surface area (Å²) < 4.78 is 35.7. The second kappa shape index (κ2) is 8.39. The van der Waals surface area contributed by atoms with Gasteiger partial charge in [-0.1, -0.05) is 0 Å². The number of carbonyl (C=O) groups excluding carboxylic acids is 1. The predicted octanol–water partition coefficient (Wildman–Crippen LogP) is 3.49. The first-order valence-electron chi connectivity index (χ1n) is 9.41. The molecule has 0 saturated carbocycles. The molecular weight excluding hydrogens is 404 g/mol. The molecule has 158 valence electrons. The molecule has 0 fully saturated rings. The Hall–Kier alpha value is -4.01. The van der Waals surface area contributed by atoms with Gasteiger partial charge in [0.2, 0.25) is 0 Å². The van der Waals surface area contributed by atoms with Crippen LogP contribution in [0, 0.1) is 11.6 Å². The first-order valence-corrected chi connectivity index (χ1v) is 9.41. The van der Waals surface area contributed by atoms with Crippen molar-refractivity contribution in [2.75, 3.05) is 7.11 Å². The van der Waals surface area contributed by atoms with E-state index >= 15 is 0 Å². The molecule has 2 heterocycles. The maximum atomic E-state index is 14.2. The molecule has 9 heteroatoms. The van der Waals surface area contributed by atoms with E-state index in [2.05, 4.69) is 15.5 Å². The first-order chi connectivity index (χ1) is 14.9. The van der Waals surface area contributed by atoms with E-state index in [-0.39, 0.29) is 23.4 Å². The van der Waals surface area contributed by atoms with E-state index in [4.69, 9.17) is 4.74 Å². The molecule has 0 atom stereocenters. The zero-order chi connectivity index (χ0) is 22.0. The van der Waals surface area contributed by atoms with Crippen molar-refractivity contribution in [3.8, 4) is 22.7 Å². The van der Waals surface area contributed by atoms with Crippen LogP contribution < -0.4 is 10.1 Å². The van der Waals surface area contributed by atoms with E-state index in [1.807, 2.05) is 24.3 Å². The highest BCUT2D eigenvalue weighted by Crippen LogP contribution is 2.25. The second-order valence-corrected chi connectivity index (χ2v) is 6.82. The summed E-state index contributed by atoms with van der Waals surface area (Å²) in [6.45, 7) is 0.169. The van der Waals surface area contributed by atoms with Crippen molar-refractivity contribution in [2.45, 2.75) is 6.54 Å². The molecule has 0 aliphatic carbocycles. The summed E-state index contributed by atoms with van der Waals surface area (Å²) in [5, 5.41) is 11.4. The number of amides is 1. The Kier molecular flexibility index (Phi) is 5.48. The van der Waals surface area contributed by atoms with Crippen LogP contribution in [-0.2, 0) is 13.6 Å². The van der Waals surface area contributed by atoms with Gasteiger partial charge in [-0.15, -0.1) is 0 Å². The molecule has 4 aromatic rings. The van der Waals surface area contributed by atoms with Gasteiger partial charge >= 0.3 is 0 Å². The van der Waals surface area contributed by atoms with Gasteiger partial charge < -0.3 is 10.1 Å². The lowest BCUT2D eigenvalue weighted by Crippen LogP contribution is -2.23. The zero-order valence-electron chi connectivity index (χ0n) is 16.8. The van der Waals surface area contributed by atoms with Gasteiger partial charge in [0.05, 0.1) is 30.6 Å². The third-order valence-electron chi connectivity index (χ3n) is 4.67. The number of hydrogen-bond acceptors (Lipinski definition) is 4. The van der Waals surface area contributed by atoms with Gasteiger partial charge in [-0.25, -0.2) is 13.5 Å². The number of halogens is 2. The standard InChI is InChI=1S/C22H19F2N5O2/c1-28-13-19(21(27-28)18-8-3-14(23)11-20(18)24)22(30)25-12-15-9-10-29(26-15)16-4-6-17(31-2)7-5-16/h3-11,13H,12H2,1-2H3,(H,25,30). The molecule has 4 rings (SSSR count). The summed E-state index contributed by atoms with van der Waals surface area (Å²) in [4.78, 5) is 12.7. The number of nitrogens with zero attached hydrogens (tertiary/aromatic N) is 4. The van der Waals surface area contributed by atoms with Crippen LogP contribution in [0.3, 0.4) is 0 Å². The minimum Gasteiger partial charge on any atom is -0.497 e. The largest absolute Gasteiger partial charge is 0.497 e. The molecule has 0 bridgehead atoms. The molecule has 7 nitrogen and oxygen atoms in total. The fourth-order valence-corrected chi connectivity index (χ4v) is 3.14. The van der Waals surface area contributed by atoms with Crippen molar-refractivity contribution >= 4 is 5.91 Å². The maximum Gasteiger partial charge on any atom is 0.255 e. The minimum absolute atomic E-state index is 0.0518. The molecule has 0 radical (unpaired) electrons. The topological polar surface area (TPSA) is 74.0 Å². The summed E-state index contributed by atoms with van der Waals surface area (Å²) in [5.74, 6) is -1.18. The number of ether oxygens (including phenoxy) is 1. The van der Waals surface area contributed by atoms with Crippen molar-refractivity contribution in [1.29, 1.82) is 0 Å². The highest BCUT2D eigenvalue weighted by Gasteiger charge is 2.20. The number of rotatable bonds is 6. The van der Waals surface area contributed by atoms with Crippen LogP contribution in [0.4, 0.5) is 8.78 Å². The third-order valence-corrected chi connectivity index (χ3v) is 4.67. The maximum absolute atomic E-state index is 14.2. The normalized spacial score (nSPS) is 10.8. The molecule has 0 aliphatic heterocycles. The fraction of sp³-hybridized carbons (Fsp3) is 0.136. The summed E-state index contributed by atoms with van der Waals surface area (Å²) in [7, 11) is 3.22. The van der Waals surface area contributed by atoms with Gasteiger partial charge in [0, 0.05) is 31.1 Å². The highest BCUT2D eigenvalue weighted by molar-refractivity contribution is 5.99. The molecular formula is C22H19F2N5O2. The van der Waals surface area contributed by atoms with Crippen LogP contribution in [0.2, 0.25) is 0 Å². The van der Waals surface area contributed by atoms with E-state index < -0.39 is 17.5 Å². The van der Waals surface area contributed by atoms with Gasteiger partial charge in [0.1, 0.15) is 23.1 Å². The summed E-state index contributed by atoms with van der Waals surface area (Å²) in [6.07, 6.45) is 3.27. The van der Waals surface area contributed by atoms with Crippen LogP contribution >= 0.6 is 0 Å². The van der Waals surface area contributed by atoms with Crippen molar-refractivity contribution < 1.29 is 18.3 Å². The van der Waals surface area contributed by atoms with Gasteiger partial charge in [-0.05, 0) is 42.5 Å². The highest BCUT2D eigenvalue weighted by atomic mass is 19.1. The average Bonchev–Trinajstić information content (AvgIpc) is 3.39. The molecule has 0 saturated heterocycles. The molecule has 2 aromatic carbocycles. The first kappa shape index (κ1) is 20.3. The molecule has 0 unspecified atom stereocenters. The van der Waals surface area contributed by atoms with E-state index in [0.717, 1.165) is 23.6 Å². The number of hydrogen-bond donors (Lipinski definition) is 1. The van der Waals surface area contributed by atoms with E-state index in [0.29, 0.717) is 5.69 Å². The van der Waals surface area contributed by atoms with E-state index in [9.17, 15) is 13.6 Å². The van der Waals surface area contributed by atoms with Crippen LogP contribution in [0.15, 0.2) is 60.9 Å². The quantitative estimate of drug-likeness (QED) is 0.515. The Morgan fingerprint density at radius 1 is 1.10 bits per heavy atom. The predicted molar refractivity (Wildman–Crippen MR) is 110 cm³/mol. The fourth-order valence-electron chi connectivity index (χ4n) is 3.14. The monoisotopic (exact) mass is 423 g/mol. The molecule has 0 aliphatic rings. The summed E-state index contributed by atoms with van der Waals surface area (Å²) in [6, 6.07) is 12.3. The Bertz CT molecular complexity index is 1230. The number of nitrogens with one attached hydrogen (secondary N) is 1. The number of carbonyl (C=O) groups is 1. The number of aromatic nitrogens is 4. The molecule has 31 heavy (non-hydrogen) atoms. The Morgan fingerprint density at radius 2 is 1.87 bits per heavy atom. The van der Waals surface area contributed by atoms with Gasteiger partial charge in [0.25, 0.3) is 5.91 Å². The molecule has 1 N–H and O–H groups in total. The third kappa shape index (κ3) is 4.30. The summed E-state index contributed by atoms with van der Waals surface area (Å²) >= 11 is 0. The zero-order valence-corrected chi connectivity index (χ0v) is 16.8. The van der Waals surface area contributed by atoms with Gasteiger partial charge in [-0.3, -0.25) is 9.48 Å². The van der Waals surface area contributed by atoms with E-state index in [1.54, 1.807) is 31.1 Å². The minimum atomic E-state index is -0.786. The van der Waals surface area contributed by atoms with E-state index in [1.165, 1.54) is 16.9 Å². The molecule has 0 spiro atoms. The lowest BCUT2D eigenvalue weighted by molar-refractivity contribution is 0.0951. The summed E-state index contributed by atoms with van der Waals surface area (Å²) in [5.41, 5.74) is 1.86. The molecule has 1 amide bonds. The SMILES string of the molecule is COc1ccc(-n2ccc(CNC(=O)c3cn(C)nc3-c3ccc(F)cc3F)n2)cc1. The van der Waals surface area contributed by atoms with Gasteiger partial charge in [-0.2, -0.15) is 10.2 Å². The van der Waals surface area contributed by atoms with Crippen molar-refractivity contribution in [2.24, 2.45) is 7.05 Å². The lowest BCUT2D eigenvalue weighted by atomic mass is 10.1. The van der Waals surface area contributed by atoms with Gasteiger partial charge in [0.15, 0.2) is 0 Å². The van der Waals surface area contributed by atoms with Crippen molar-refractivity contribution in [1.82, 2.24) is 24.9 Å². The van der Waals surface area contributed by atoms with Crippen LogP contribution in [0.25, 0.3) is 16.9 Å². The molecule has 2 aromatic heterocycles. The Labute approximate surface area is 176 Å². The second-order valence-electron chi connectivity index (χ2n) is 6.82. The van der Waals surface area contributed by atoms with Crippen LogP contribution in [0.5, 0.6) is 5.75 Å². The lowest BCUT2D eigenvalue weighted by Gasteiger charge is -2.06. The Morgan fingerprint density at radius 3 is 2.58 bits per heavy atom. The van der Waals surface area contributed by atoms with Crippen molar-refractivity contribution in [3.63, 3.8) is 0 Å². The Balaban J connectivity index is 1.49. The average molecular weight is 423 g/mol. The number of aryl methyl sites for hydroxylation is 1. The van der Waals surface area contributed by atoms with Crippen LogP contribution in [0.1, 0.15) is 16.1 Å².